The molecule has 1 aliphatic rings. The molecule has 1 fully saturated rings. The van der Waals surface area contributed by atoms with Crippen molar-refractivity contribution in [3.63, 3.8) is 0 Å². The van der Waals surface area contributed by atoms with Gasteiger partial charge in [0.2, 0.25) is 11.9 Å². The minimum absolute atomic E-state index is 0.0639. The minimum atomic E-state index is -0.678. The molecular formula is C25H32N8O3. The zero-order valence-electron chi connectivity index (χ0n) is 20.5. The molecule has 2 amide bonds. The van der Waals surface area contributed by atoms with Crippen LogP contribution in [0, 0.1) is 5.41 Å². The number of primary amides is 1. The zero-order valence-corrected chi connectivity index (χ0v) is 20.5. The molecule has 2 aromatic rings. The number of amides is 2. The van der Waals surface area contributed by atoms with Crippen LogP contribution in [0.5, 0.6) is 5.75 Å². The lowest BCUT2D eigenvalue weighted by molar-refractivity contribution is -0.127. The zero-order chi connectivity index (χ0) is 26.1. The predicted octanol–water partition coefficient (Wildman–Crippen LogP) is 2.56. The molecule has 0 spiro atoms. The summed E-state index contributed by atoms with van der Waals surface area (Å²) in [6.45, 7) is 6.82. The number of aryl methyl sites for hydroxylation is 1. The molecule has 2 heterocycles. The standard InChI is InChI=1S/C25H32N8O3/c1-4-16-7-6-8-20(36-3)22(16)31-24-19(23(27)35)15-29-25(32-24)30-18(13-26)14-28-17-9-11-33(12-10-17)21(34)5-2/h5-8,13-15,17,26,28H,2,4,9-12H2,1,3H3,(H2,27,35)(H2,29,30,31,32)/b18-14+,26-13?. The van der Waals surface area contributed by atoms with E-state index < -0.39 is 5.91 Å². The maximum absolute atomic E-state index is 12.0. The molecule has 0 saturated carbocycles. The second kappa shape index (κ2) is 12.3. The highest BCUT2D eigenvalue weighted by molar-refractivity contribution is 5.98. The number of nitrogens with zero attached hydrogens (tertiary/aromatic N) is 3. The van der Waals surface area contributed by atoms with Crippen molar-refractivity contribution < 1.29 is 14.3 Å². The van der Waals surface area contributed by atoms with Crippen molar-refractivity contribution >= 4 is 35.5 Å². The molecule has 190 valence electrons. The monoisotopic (exact) mass is 492 g/mol. The fourth-order valence-electron chi connectivity index (χ4n) is 3.87. The number of para-hydroxylation sites is 1. The number of ether oxygens (including phenoxy) is 1. The van der Waals surface area contributed by atoms with Gasteiger partial charge in [-0.05, 0) is 37.0 Å². The number of benzene rings is 1. The minimum Gasteiger partial charge on any atom is -0.495 e. The second-order valence-electron chi connectivity index (χ2n) is 8.13. The van der Waals surface area contributed by atoms with Gasteiger partial charge in [0.25, 0.3) is 5.91 Å². The Morgan fingerprint density at radius 1 is 1.33 bits per heavy atom. The first kappa shape index (κ1) is 26.2. The van der Waals surface area contributed by atoms with Crippen LogP contribution in [0.25, 0.3) is 0 Å². The number of carbonyl (C=O) groups excluding carboxylic acids is 2. The van der Waals surface area contributed by atoms with Gasteiger partial charge >= 0.3 is 0 Å². The summed E-state index contributed by atoms with van der Waals surface area (Å²) in [6.07, 6.45) is 7.76. The molecule has 0 aliphatic carbocycles. The number of allylic oxidation sites excluding steroid dienone is 1. The molecule has 6 N–H and O–H groups in total. The van der Waals surface area contributed by atoms with E-state index in [1.54, 1.807) is 18.2 Å². The van der Waals surface area contributed by atoms with Gasteiger partial charge in [0.15, 0.2) is 0 Å². The maximum atomic E-state index is 12.0. The number of nitrogens with one attached hydrogen (secondary N) is 4. The van der Waals surface area contributed by atoms with Crippen LogP contribution in [0.3, 0.4) is 0 Å². The highest BCUT2D eigenvalue weighted by atomic mass is 16.5. The number of aromatic nitrogens is 2. The Morgan fingerprint density at radius 2 is 2.08 bits per heavy atom. The van der Waals surface area contributed by atoms with Crippen LogP contribution < -0.4 is 26.4 Å². The molecule has 1 aromatic carbocycles. The molecule has 3 rings (SSSR count). The summed E-state index contributed by atoms with van der Waals surface area (Å²) in [6, 6.07) is 5.81. The van der Waals surface area contributed by atoms with E-state index in [0.717, 1.165) is 31.0 Å². The predicted molar refractivity (Wildman–Crippen MR) is 140 cm³/mol. The lowest BCUT2D eigenvalue weighted by atomic mass is 10.1. The normalized spacial score (nSPS) is 14.1. The molecular weight excluding hydrogens is 460 g/mol. The van der Waals surface area contributed by atoms with Crippen LogP contribution in [0.4, 0.5) is 17.5 Å². The van der Waals surface area contributed by atoms with Gasteiger partial charge in [-0.2, -0.15) is 4.98 Å². The molecule has 1 aromatic heterocycles. The van der Waals surface area contributed by atoms with Gasteiger partial charge in [0, 0.05) is 37.7 Å². The quantitative estimate of drug-likeness (QED) is 0.236. The van der Waals surface area contributed by atoms with Crippen molar-refractivity contribution in [3.05, 3.63) is 60.1 Å². The Balaban J connectivity index is 1.77. The van der Waals surface area contributed by atoms with Crippen LogP contribution in [0.2, 0.25) is 0 Å². The summed E-state index contributed by atoms with van der Waals surface area (Å²) in [5.74, 6) is 0.255. The van der Waals surface area contributed by atoms with Crippen LogP contribution in [-0.4, -0.2) is 59.1 Å². The first-order valence-corrected chi connectivity index (χ1v) is 11.6. The summed E-state index contributed by atoms with van der Waals surface area (Å²) >= 11 is 0. The van der Waals surface area contributed by atoms with Crippen molar-refractivity contribution in [1.82, 2.24) is 20.2 Å². The lowest BCUT2D eigenvalue weighted by Crippen LogP contribution is -2.43. The molecule has 0 radical (unpaired) electrons. The van der Waals surface area contributed by atoms with E-state index in [0.29, 0.717) is 30.2 Å². The maximum Gasteiger partial charge on any atom is 0.254 e. The van der Waals surface area contributed by atoms with Crippen LogP contribution in [0.15, 0.2) is 48.9 Å². The number of hydrogen-bond acceptors (Lipinski definition) is 9. The highest BCUT2D eigenvalue weighted by Gasteiger charge is 2.21. The fraction of sp³-hybridized carbons (Fsp3) is 0.320. The Labute approximate surface area is 210 Å². The summed E-state index contributed by atoms with van der Waals surface area (Å²) in [7, 11) is 1.57. The van der Waals surface area contributed by atoms with Gasteiger partial charge in [0.05, 0.1) is 18.5 Å². The number of likely N-dealkylation sites (tertiary alicyclic amines) is 1. The number of methoxy groups -OCH3 is 1. The van der Waals surface area contributed by atoms with E-state index in [2.05, 4.69) is 32.5 Å². The van der Waals surface area contributed by atoms with Gasteiger partial charge in [-0.3, -0.25) is 9.59 Å². The lowest BCUT2D eigenvalue weighted by Gasteiger charge is -2.31. The smallest absolute Gasteiger partial charge is 0.254 e. The van der Waals surface area contributed by atoms with Gasteiger partial charge in [-0.25, -0.2) is 4.98 Å². The summed E-state index contributed by atoms with van der Waals surface area (Å²) in [5.41, 5.74) is 7.75. The third-order valence-electron chi connectivity index (χ3n) is 5.88. The number of hydrogen-bond donors (Lipinski definition) is 5. The van der Waals surface area contributed by atoms with Crippen LogP contribution in [0.1, 0.15) is 35.7 Å². The Bertz CT molecular complexity index is 1130. The fourth-order valence-corrected chi connectivity index (χ4v) is 3.87. The van der Waals surface area contributed by atoms with Crippen molar-refractivity contribution in [2.75, 3.05) is 30.8 Å². The van der Waals surface area contributed by atoms with Crippen molar-refractivity contribution in [1.29, 1.82) is 5.41 Å². The average molecular weight is 493 g/mol. The average Bonchev–Trinajstić information content (AvgIpc) is 2.90. The molecule has 36 heavy (non-hydrogen) atoms. The summed E-state index contributed by atoms with van der Waals surface area (Å²) in [4.78, 5) is 34.2. The molecule has 0 bridgehead atoms. The topological polar surface area (TPSA) is 158 Å². The Hall–Kier alpha value is -4.41. The van der Waals surface area contributed by atoms with E-state index >= 15 is 0 Å². The van der Waals surface area contributed by atoms with Crippen molar-refractivity contribution in [2.24, 2.45) is 5.73 Å². The van der Waals surface area contributed by atoms with Gasteiger partial charge < -0.3 is 36.7 Å². The number of rotatable bonds is 11. The van der Waals surface area contributed by atoms with Gasteiger partial charge in [0.1, 0.15) is 17.1 Å². The molecule has 11 nitrogen and oxygen atoms in total. The third kappa shape index (κ3) is 6.38. The molecule has 11 heteroatoms. The number of carbonyl (C=O) groups is 2. The number of anilines is 3. The van der Waals surface area contributed by atoms with E-state index in [9.17, 15) is 9.59 Å². The molecule has 1 saturated heterocycles. The first-order chi connectivity index (χ1) is 17.4. The van der Waals surface area contributed by atoms with Crippen molar-refractivity contribution in [3.8, 4) is 5.75 Å². The number of nitrogens with two attached hydrogens (primary N) is 1. The third-order valence-corrected chi connectivity index (χ3v) is 5.88. The van der Waals surface area contributed by atoms with Crippen LogP contribution in [-0.2, 0) is 11.2 Å². The van der Waals surface area contributed by atoms with Crippen LogP contribution >= 0.6 is 0 Å². The second-order valence-corrected chi connectivity index (χ2v) is 8.13. The Morgan fingerprint density at radius 3 is 2.69 bits per heavy atom. The largest absolute Gasteiger partial charge is 0.495 e. The highest BCUT2D eigenvalue weighted by Crippen LogP contribution is 2.32. The van der Waals surface area contributed by atoms with E-state index in [4.69, 9.17) is 15.9 Å². The summed E-state index contributed by atoms with van der Waals surface area (Å²) in [5, 5.41) is 17.2. The van der Waals surface area contributed by atoms with Gasteiger partial charge in [-0.1, -0.05) is 25.6 Å². The molecule has 1 aliphatic heterocycles. The van der Waals surface area contributed by atoms with Gasteiger partial charge in [-0.15, -0.1) is 0 Å². The van der Waals surface area contributed by atoms with E-state index in [1.807, 2.05) is 25.1 Å². The number of piperidine rings is 1. The van der Waals surface area contributed by atoms with E-state index in [1.165, 1.54) is 12.3 Å². The van der Waals surface area contributed by atoms with E-state index in [-0.39, 0.29) is 29.3 Å². The SMILES string of the molecule is C=CC(=O)N1CCC(N/C=C(\C=N)Nc2ncc(C(N)=O)c(Nc3c(CC)cccc3OC)n2)CC1. The Kier molecular flexibility index (Phi) is 8.98. The molecule has 0 unspecified atom stereocenters. The molecule has 0 atom stereocenters. The van der Waals surface area contributed by atoms with Crippen molar-refractivity contribution in [2.45, 2.75) is 32.2 Å². The summed E-state index contributed by atoms with van der Waals surface area (Å²) < 4.78 is 5.48. The first-order valence-electron chi connectivity index (χ1n) is 11.6.